The highest BCUT2D eigenvalue weighted by atomic mass is 16.2. The minimum Gasteiger partial charge on any atom is -0.398 e. The molecule has 0 unspecified atom stereocenters. The summed E-state index contributed by atoms with van der Waals surface area (Å²) in [6.45, 7) is 0. The molecule has 0 atom stereocenters. The second kappa shape index (κ2) is 6.44. The maximum Gasteiger partial charge on any atom is 0.260 e. The highest BCUT2D eigenvalue weighted by Crippen LogP contribution is 2.34. The summed E-state index contributed by atoms with van der Waals surface area (Å²) < 4.78 is 0. The van der Waals surface area contributed by atoms with Crippen molar-refractivity contribution in [3.8, 4) is 11.1 Å². The van der Waals surface area contributed by atoms with Crippen LogP contribution in [0.3, 0.4) is 0 Å². The molecule has 0 radical (unpaired) electrons. The van der Waals surface area contributed by atoms with E-state index in [1.165, 1.54) is 0 Å². The molecule has 1 saturated carbocycles. The highest BCUT2D eigenvalue weighted by Gasteiger charge is 2.34. The van der Waals surface area contributed by atoms with Gasteiger partial charge in [-0.25, -0.2) is 0 Å². The van der Waals surface area contributed by atoms with Crippen molar-refractivity contribution in [1.82, 2.24) is 0 Å². The largest absolute Gasteiger partial charge is 0.398 e. The molecule has 1 fully saturated rings. The first-order chi connectivity index (χ1) is 12.2. The molecule has 0 spiro atoms. The topological polar surface area (TPSA) is 46.3 Å². The van der Waals surface area contributed by atoms with E-state index in [1.807, 2.05) is 83.8 Å². The first-order valence-corrected chi connectivity index (χ1v) is 8.57. The van der Waals surface area contributed by atoms with Crippen molar-refractivity contribution in [3.05, 3.63) is 84.4 Å². The number of benzene rings is 3. The Morgan fingerprint density at radius 1 is 0.840 bits per heavy atom. The SMILES string of the molecule is Nc1cc(-c2ccccc2)ccc1C(=O)N(c1ccccc1)C1CC1. The minimum absolute atomic E-state index is 0.0224. The monoisotopic (exact) mass is 328 g/mol. The molecule has 0 aromatic heterocycles. The molecule has 25 heavy (non-hydrogen) atoms. The van der Waals surface area contributed by atoms with Crippen LogP contribution in [0.2, 0.25) is 0 Å². The lowest BCUT2D eigenvalue weighted by molar-refractivity contribution is 0.0986. The number of nitrogens with zero attached hydrogens (tertiary/aromatic N) is 1. The summed E-state index contributed by atoms with van der Waals surface area (Å²) in [6, 6.07) is 25.9. The summed E-state index contributed by atoms with van der Waals surface area (Å²) in [4.78, 5) is 15.0. The summed E-state index contributed by atoms with van der Waals surface area (Å²) in [5, 5.41) is 0. The van der Waals surface area contributed by atoms with Gasteiger partial charge in [-0.15, -0.1) is 0 Å². The van der Waals surface area contributed by atoms with Crippen molar-refractivity contribution >= 4 is 17.3 Å². The zero-order valence-electron chi connectivity index (χ0n) is 13.9. The van der Waals surface area contributed by atoms with Gasteiger partial charge in [-0.1, -0.05) is 54.6 Å². The molecule has 0 aliphatic heterocycles. The molecular formula is C22H20N2O. The Kier molecular flexibility index (Phi) is 3.98. The number of nitrogen functional groups attached to an aromatic ring is 1. The van der Waals surface area contributed by atoms with Crippen molar-refractivity contribution in [1.29, 1.82) is 0 Å². The molecule has 1 amide bonds. The standard InChI is InChI=1S/C22H20N2O/c23-21-15-17(16-7-3-1-4-8-16)11-14-20(21)22(25)24(19-12-13-19)18-9-5-2-6-10-18/h1-11,14-15,19H,12-13,23H2. The third-order valence-electron chi connectivity index (χ3n) is 4.55. The van der Waals surface area contributed by atoms with Gasteiger partial charge in [0.15, 0.2) is 0 Å². The lowest BCUT2D eigenvalue weighted by Gasteiger charge is -2.23. The molecule has 3 aromatic carbocycles. The molecule has 3 aromatic rings. The van der Waals surface area contributed by atoms with E-state index in [2.05, 4.69) is 0 Å². The molecule has 0 bridgehead atoms. The van der Waals surface area contributed by atoms with Crippen LogP contribution in [-0.2, 0) is 0 Å². The average Bonchev–Trinajstić information content (AvgIpc) is 3.48. The lowest BCUT2D eigenvalue weighted by Crippen LogP contribution is -2.33. The summed E-state index contributed by atoms with van der Waals surface area (Å²) >= 11 is 0. The molecular weight excluding hydrogens is 308 g/mol. The minimum atomic E-state index is -0.0224. The van der Waals surface area contributed by atoms with Crippen LogP contribution in [0.25, 0.3) is 11.1 Å². The van der Waals surface area contributed by atoms with Gasteiger partial charge in [0.05, 0.1) is 5.56 Å². The second-order valence-corrected chi connectivity index (χ2v) is 6.41. The fourth-order valence-electron chi connectivity index (χ4n) is 3.11. The molecule has 1 aliphatic rings. The number of amides is 1. The van der Waals surface area contributed by atoms with Crippen molar-refractivity contribution < 1.29 is 4.79 Å². The van der Waals surface area contributed by atoms with Gasteiger partial charge in [0.2, 0.25) is 0 Å². The normalized spacial score (nSPS) is 13.4. The number of carbonyl (C=O) groups excluding carboxylic acids is 1. The van der Waals surface area contributed by atoms with Crippen LogP contribution in [0.15, 0.2) is 78.9 Å². The fourth-order valence-corrected chi connectivity index (χ4v) is 3.11. The molecule has 2 N–H and O–H groups in total. The zero-order chi connectivity index (χ0) is 17.2. The Morgan fingerprint density at radius 2 is 1.48 bits per heavy atom. The van der Waals surface area contributed by atoms with E-state index >= 15 is 0 Å². The quantitative estimate of drug-likeness (QED) is 0.703. The van der Waals surface area contributed by atoms with E-state index in [9.17, 15) is 4.79 Å². The van der Waals surface area contributed by atoms with Gasteiger partial charge in [-0.3, -0.25) is 4.79 Å². The van der Waals surface area contributed by atoms with Gasteiger partial charge in [0.1, 0.15) is 0 Å². The maximum atomic E-state index is 13.1. The maximum absolute atomic E-state index is 13.1. The number of carbonyl (C=O) groups is 1. The number of hydrogen-bond donors (Lipinski definition) is 1. The molecule has 4 rings (SSSR count). The van der Waals surface area contributed by atoms with Gasteiger partial charge >= 0.3 is 0 Å². The van der Waals surface area contributed by atoms with E-state index in [-0.39, 0.29) is 11.9 Å². The van der Waals surface area contributed by atoms with Crippen LogP contribution in [0, 0.1) is 0 Å². The molecule has 3 nitrogen and oxygen atoms in total. The van der Waals surface area contributed by atoms with Gasteiger partial charge in [0.25, 0.3) is 5.91 Å². The predicted molar refractivity (Wildman–Crippen MR) is 103 cm³/mol. The van der Waals surface area contributed by atoms with E-state index in [1.54, 1.807) is 0 Å². The molecule has 0 heterocycles. The molecule has 0 saturated heterocycles. The Bertz CT molecular complexity index is 886. The van der Waals surface area contributed by atoms with E-state index in [0.717, 1.165) is 29.7 Å². The van der Waals surface area contributed by atoms with E-state index in [4.69, 9.17) is 5.73 Å². The number of anilines is 2. The molecule has 1 aliphatic carbocycles. The van der Waals surface area contributed by atoms with Crippen LogP contribution in [0.5, 0.6) is 0 Å². The number of para-hydroxylation sites is 1. The smallest absolute Gasteiger partial charge is 0.260 e. The van der Waals surface area contributed by atoms with Crippen molar-refractivity contribution in [2.45, 2.75) is 18.9 Å². The van der Waals surface area contributed by atoms with Gasteiger partial charge in [-0.05, 0) is 48.2 Å². The highest BCUT2D eigenvalue weighted by molar-refractivity contribution is 6.10. The first kappa shape index (κ1) is 15.5. The average molecular weight is 328 g/mol. The second-order valence-electron chi connectivity index (χ2n) is 6.41. The number of hydrogen-bond acceptors (Lipinski definition) is 2. The molecule has 124 valence electrons. The first-order valence-electron chi connectivity index (χ1n) is 8.57. The van der Waals surface area contributed by atoms with Gasteiger partial charge in [-0.2, -0.15) is 0 Å². The summed E-state index contributed by atoms with van der Waals surface area (Å²) in [7, 11) is 0. The third kappa shape index (κ3) is 3.13. The van der Waals surface area contributed by atoms with Crippen molar-refractivity contribution in [2.75, 3.05) is 10.6 Å². The fraction of sp³-hybridized carbons (Fsp3) is 0.136. The van der Waals surface area contributed by atoms with Crippen LogP contribution < -0.4 is 10.6 Å². The molecule has 3 heteroatoms. The number of nitrogens with two attached hydrogens (primary N) is 1. The van der Waals surface area contributed by atoms with E-state index < -0.39 is 0 Å². The Hall–Kier alpha value is -3.07. The van der Waals surface area contributed by atoms with Gasteiger partial charge < -0.3 is 10.6 Å². The predicted octanol–water partition coefficient (Wildman–Crippen LogP) is 4.75. The Morgan fingerprint density at radius 3 is 2.08 bits per heavy atom. The van der Waals surface area contributed by atoms with Crippen molar-refractivity contribution in [3.63, 3.8) is 0 Å². The van der Waals surface area contributed by atoms with E-state index in [0.29, 0.717) is 11.3 Å². The van der Waals surface area contributed by atoms with Crippen LogP contribution in [0.4, 0.5) is 11.4 Å². The summed E-state index contributed by atoms with van der Waals surface area (Å²) in [6.07, 6.45) is 2.09. The van der Waals surface area contributed by atoms with Gasteiger partial charge in [0, 0.05) is 17.4 Å². The number of rotatable bonds is 4. The summed E-state index contributed by atoms with van der Waals surface area (Å²) in [5.74, 6) is -0.0224. The lowest BCUT2D eigenvalue weighted by atomic mass is 10.0. The zero-order valence-corrected chi connectivity index (χ0v) is 13.9. The summed E-state index contributed by atoms with van der Waals surface area (Å²) in [5.41, 5.74) is 10.4. The van der Waals surface area contributed by atoms with Crippen LogP contribution in [-0.4, -0.2) is 11.9 Å². The Labute approximate surface area is 147 Å². The van der Waals surface area contributed by atoms with Crippen LogP contribution in [0.1, 0.15) is 23.2 Å². The van der Waals surface area contributed by atoms with Crippen LogP contribution >= 0.6 is 0 Å². The third-order valence-corrected chi connectivity index (χ3v) is 4.55. The Balaban J connectivity index is 1.68. The van der Waals surface area contributed by atoms with Crippen molar-refractivity contribution in [2.24, 2.45) is 0 Å².